The third-order valence-corrected chi connectivity index (χ3v) is 5.65. The number of amides is 2. The van der Waals surface area contributed by atoms with Crippen molar-refractivity contribution in [1.82, 2.24) is 10.6 Å². The first-order chi connectivity index (χ1) is 14.5. The molecule has 8 heteroatoms. The van der Waals surface area contributed by atoms with Crippen molar-refractivity contribution in [2.75, 3.05) is 33.0 Å². The van der Waals surface area contributed by atoms with Gasteiger partial charge in [0.1, 0.15) is 6.61 Å². The van der Waals surface area contributed by atoms with Crippen molar-refractivity contribution in [1.29, 1.82) is 0 Å². The average Bonchev–Trinajstić information content (AvgIpc) is 3.18. The van der Waals surface area contributed by atoms with E-state index in [2.05, 4.69) is 10.6 Å². The van der Waals surface area contributed by atoms with Gasteiger partial charge in [-0.05, 0) is 38.5 Å². The van der Waals surface area contributed by atoms with Gasteiger partial charge >= 0.3 is 5.97 Å². The van der Waals surface area contributed by atoms with Gasteiger partial charge in [-0.2, -0.15) is 0 Å². The topological polar surface area (TPSA) is 114 Å². The fraction of sp³-hybridized carbons (Fsp3) is 0.773. The molecule has 2 aliphatic rings. The lowest BCUT2D eigenvalue weighted by atomic mass is 9.94. The van der Waals surface area contributed by atoms with Crippen molar-refractivity contribution >= 4 is 17.8 Å². The third-order valence-electron chi connectivity index (χ3n) is 5.65. The van der Waals surface area contributed by atoms with Gasteiger partial charge in [-0.3, -0.25) is 14.4 Å². The molecule has 0 aromatic rings. The van der Waals surface area contributed by atoms with Crippen LogP contribution in [0.3, 0.4) is 0 Å². The van der Waals surface area contributed by atoms with Gasteiger partial charge in [-0.15, -0.1) is 0 Å². The predicted molar refractivity (Wildman–Crippen MR) is 112 cm³/mol. The summed E-state index contributed by atoms with van der Waals surface area (Å²) >= 11 is 0. The van der Waals surface area contributed by atoms with Crippen LogP contribution in [0.25, 0.3) is 0 Å². The van der Waals surface area contributed by atoms with Crippen molar-refractivity contribution in [3.05, 3.63) is 12.2 Å². The van der Waals surface area contributed by atoms with E-state index < -0.39 is 11.5 Å². The highest BCUT2D eigenvalue weighted by atomic mass is 16.5. The van der Waals surface area contributed by atoms with Crippen LogP contribution in [-0.2, 0) is 23.9 Å². The van der Waals surface area contributed by atoms with Crippen molar-refractivity contribution in [2.24, 2.45) is 5.92 Å². The molecule has 1 heterocycles. The van der Waals surface area contributed by atoms with Crippen LogP contribution in [-0.4, -0.2) is 61.4 Å². The second-order valence-electron chi connectivity index (χ2n) is 8.18. The van der Waals surface area contributed by atoms with Crippen LogP contribution in [0.15, 0.2) is 12.2 Å². The van der Waals surface area contributed by atoms with E-state index in [1.54, 1.807) is 0 Å². The Kier molecular flexibility index (Phi) is 10.9. The number of hydrogen-bond acceptors (Lipinski definition) is 6. The fourth-order valence-corrected chi connectivity index (χ4v) is 3.93. The number of carbonyl (C=O) groups is 3. The molecular weight excluding hydrogens is 388 g/mol. The summed E-state index contributed by atoms with van der Waals surface area (Å²) in [5.74, 6) is -1.06. The van der Waals surface area contributed by atoms with Crippen molar-refractivity contribution in [3.8, 4) is 0 Å². The number of rotatable bonds is 7. The molecular formula is C22H36N2O6. The lowest BCUT2D eigenvalue weighted by molar-refractivity contribution is -0.147. The average molecular weight is 425 g/mol. The maximum atomic E-state index is 13.1. The molecule has 3 N–H and O–H groups in total. The zero-order chi connectivity index (χ0) is 21.7. The molecule has 170 valence electrons. The summed E-state index contributed by atoms with van der Waals surface area (Å²) in [5.41, 5.74) is -0.520. The third kappa shape index (κ3) is 8.83. The Bertz CT molecular complexity index is 586. The van der Waals surface area contributed by atoms with Gasteiger partial charge in [0.2, 0.25) is 11.8 Å². The number of hydrogen-bond donors (Lipinski definition) is 3. The molecule has 1 unspecified atom stereocenters. The summed E-state index contributed by atoms with van der Waals surface area (Å²) < 4.78 is 10.6. The Balaban J connectivity index is 1.98. The highest BCUT2D eigenvalue weighted by Gasteiger charge is 2.38. The summed E-state index contributed by atoms with van der Waals surface area (Å²) in [7, 11) is 0. The van der Waals surface area contributed by atoms with Crippen LogP contribution in [0.2, 0.25) is 0 Å². The fourth-order valence-electron chi connectivity index (χ4n) is 3.93. The molecule has 1 atom stereocenters. The minimum Gasteiger partial charge on any atom is -0.463 e. The number of carbonyl (C=O) groups excluding carboxylic acids is 3. The minimum atomic E-state index is -0.520. The number of ether oxygens (including phenoxy) is 2. The van der Waals surface area contributed by atoms with E-state index in [9.17, 15) is 14.4 Å². The van der Waals surface area contributed by atoms with Gasteiger partial charge in [0.05, 0.1) is 31.3 Å². The Morgan fingerprint density at radius 1 is 1.20 bits per heavy atom. The van der Waals surface area contributed by atoms with Gasteiger partial charge in [-0.1, -0.05) is 25.0 Å². The predicted octanol–water partition coefficient (Wildman–Crippen LogP) is 1.61. The van der Waals surface area contributed by atoms with Gasteiger partial charge < -0.3 is 25.2 Å². The molecule has 1 spiro atoms. The molecule has 0 aromatic carbocycles. The van der Waals surface area contributed by atoms with Crippen LogP contribution < -0.4 is 10.6 Å². The molecule has 1 aliphatic carbocycles. The van der Waals surface area contributed by atoms with Gasteiger partial charge in [0, 0.05) is 19.4 Å². The van der Waals surface area contributed by atoms with Crippen LogP contribution in [0.4, 0.5) is 0 Å². The molecule has 1 fully saturated rings. The smallest absolute Gasteiger partial charge is 0.305 e. The Hall–Kier alpha value is -1.93. The molecule has 8 nitrogen and oxygen atoms in total. The number of aliphatic hydroxyl groups excluding tert-OH is 1. The van der Waals surface area contributed by atoms with E-state index in [1.165, 1.54) is 0 Å². The number of aliphatic hydroxyl groups is 1. The number of allylic oxidation sites excluding steroid dienone is 2. The SMILES string of the molecule is O=C(CC1CC=CCCCCC(=O)OCC2(CCCC2)NC1=O)NCCOCCO. The highest BCUT2D eigenvalue weighted by molar-refractivity contribution is 5.86. The normalized spacial score (nSPS) is 22.9. The summed E-state index contributed by atoms with van der Waals surface area (Å²) in [5, 5.41) is 14.6. The van der Waals surface area contributed by atoms with Crippen LogP contribution in [0.5, 0.6) is 0 Å². The van der Waals surface area contributed by atoms with E-state index >= 15 is 0 Å². The van der Waals surface area contributed by atoms with E-state index in [4.69, 9.17) is 14.6 Å². The first-order valence-corrected chi connectivity index (χ1v) is 11.1. The largest absolute Gasteiger partial charge is 0.463 e. The molecule has 0 bridgehead atoms. The summed E-state index contributed by atoms with van der Waals surface area (Å²) in [6.07, 6.45) is 11.0. The second-order valence-corrected chi connectivity index (χ2v) is 8.18. The molecule has 2 amide bonds. The monoisotopic (exact) mass is 424 g/mol. The number of nitrogens with one attached hydrogen (secondary N) is 2. The Morgan fingerprint density at radius 3 is 2.77 bits per heavy atom. The van der Waals surface area contributed by atoms with E-state index in [0.29, 0.717) is 26.0 Å². The summed E-state index contributed by atoms with van der Waals surface area (Å²) in [4.78, 5) is 37.4. The summed E-state index contributed by atoms with van der Waals surface area (Å²) in [6, 6.07) is 0. The molecule has 2 rings (SSSR count). The first-order valence-electron chi connectivity index (χ1n) is 11.1. The maximum Gasteiger partial charge on any atom is 0.305 e. The van der Waals surface area contributed by atoms with Crippen LogP contribution in [0, 0.1) is 5.92 Å². The van der Waals surface area contributed by atoms with Crippen molar-refractivity contribution in [2.45, 2.75) is 69.7 Å². The quantitative estimate of drug-likeness (QED) is 0.325. The van der Waals surface area contributed by atoms with E-state index in [1.807, 2.05) is 12.2 Å². The first kappa shape index (κ1) is 24.3. The van der Waals surface area contributed by atoms with Crippen LogP contribution >= 0.6 is 0 Å². The lowest BCUT2D eigenvalue weighted by Gasteiger charge is -2.31. The number of esters is 1. The molecule has 1 aliphatic heterocycles. The minimum absolute atomic E-state index is 0.0560. The molecule has 30 heavy (non-hydrogen) atoms. The number of cyclic esters (lactones) is 1. The van der Waals surface area contributed by atoms with Gasteiger partial charge in [0.15, 0.2) is 0 Å². The highest BCUT2D eigenvalue weighted by Crippen LogP contribution is 2.31. The van der Waals surface area contributed by atoms with E-state index in [-0.39, 0.29) is 44.0 Å². The molecule has 0 saturated heterocycles. The zero-order valence-corrected chi connectivity index (χ0v) is 17.8. The standard InChI is InChI=1S/C22H36N2O6/c25-13-15-29-14-12-23-19(26)16-18-8-4-2-1-3-5-9-20(27)30-17-22(24-21(18)28)10-6-7-11-22/h2,4,18,25H,1,3,5-17H2,(H,23,26)(H,24,28). The molecule has 0 radical (unpaired) electrons. The zero-order valence-electron chi connectivity index (χ0n) is 17.8. The summed E-state index contributed by atoms with van der Waals surface area (Å²) in [6.45, 7) is 1.03. The lowest BCUT2D eigenvalue weighted by Crippen LogP contribution is -2.52. The Labute approximate surface area is 178 Å². The van der Waals surface area contributed by atoms with Crippen molar-refractivity contribution in [3.63, 3.8) is 0 Å². The van der Waals surface area contributed by atoms with Crippen LogP contribution in [0.1, 0.15) is 64.2 Å². The van der Waals surface area contributed by atoms with E-state index in [0.717, 1.165) is 44.9 Å². The Morgan fingerprint density at radius 2 is 2.00 bits per heavy atom. The maximum absolute atomic E-state index is 13.1. The van der Waals surface area contributed by atoms with Gasteiger partial charge in [-0.25, -0.2) is 0 Å². The molecule has 0 aromatic heterocycles. The molecule has 1 saturated carbocycles. The van der Waals surface area contributed by atoms with Crippen molar-refractivity contribution < 1.29 is 29.0 Å². The second kappa shape index (κ2) is 13.4. The van der Waals surface area contributed by atoms with Gasteiger partial charge in [0.25, 0.3) is 0 Å².